The molecule has 16 nitrogen and oxygen atoms in total. The van der Waals surface area contributed by atoms with Gasteiger partial charge in [0.05, 0.1) is 87.4 Å². The number of rotatable bonds is 28. The molecule has 0 aliphatic carbocycles. The van der Waals surface area contributed by atoms with Gasteiger partial charge in [-0.2, -0.15) is 0 Å². The minimum absolute atomic E-state index is 0.0424. The van der Waals surface area contributed by atoms with Crippen LogP contribution in [0.5, 0.6) is 40.2 Å². The molecular formula is C49H64N4O12. The van der Waals surface area contributed by atoms with Crippen LogP contribution in [0.1, 0.15) is 128 Å². The van der Waals surface area contributed by atoms with Crippen molar-refractivity contribution in [2.45, 2.75) is 97.8 Å². The monoisotopic (exact) mass is 900 g/mol. The molecule has 0 bridgehead atoms. The van der Waals surface area contributed by atoms with E-state index in [1.807, 2.05) is 13.0 Å². The quantitative estimate of drug-likeness (QED) is 0.0278. The highest BCUT2D eigenvalue weighted by molar-refractivity contribution is 6.12. The standard InChI is InChI=1S/C49H64N4O12/c1-9-11-13-15-17-19-27-64-40-31-42(65-28-20-18-16-14-12-10-2)38(52-48(55)34-23-26-39(53(57)58)46(63-8)44(34)61-6)30-35(40)49(56)51-37-25-22-33(43(60-5)45(37)62-7)47(54)50-36-24-21-32(3)29-41(36)59-4/h21-26,29-31H,9-20,27-28H2,1-8H3,(H,50,54)(H,51,56)(H,52,55). The topological polar surface area (TPSA) is 195 Å². The van der Waals surface area contributed by atoms with E-state index in [0.29, 0.717) is 24.7 Å². The van der Waals surface area contributed by atoms with Crippen LogP contribution in [0, 0.1) is 17.0 Å². The van der Waals surface area contributed by atoms with Gasteiger partial charge in [-0.3, -0.25) is 24.5 Å². The number of nitro groups is 1. The highest BCUT2D eigenvalue weighted by Crippen LogP contribution is 2.42. The third-order valence-electron chi connectivity index (χ3n) is 10.6. The van der Waals surface area contributed by atoms with Crippen LogP contribution < -0.4 is 49.1 Å². The van der Waals surface area contributed by atoms with Crippen LogP contribution in [0.4, 0.5) is 22.7 Å². The Morgan fingerprint density at radius 3 is 1.52 bits per heavy atom. The first-order chi connectivity index (χ1) is 31.5. The summed E-state index contributed by atoms with van der Waals surface area (Å²) < 4.78 is 40.3. The summed E-state index contributed by atoms with van der Waals surface area (Å²) in [5.74, 6) is -1.18. The van der Waals surface area contributed by atoms with E-state index in [2.05, 4.69) is 29.8 Å². The smallest absolute Gasteiger partial charge is 0.314 e. The van der Waals surface area contributed by atoms with E-state index in [-0.39, 0.29) is 68.2 Å². The summed E-state index contributed by atoms with van der Waals surface area (Å²) in [4.78, 5) is 53.4. The average Bonchev–Trinajstić information content (AvgIpc) is 3.30. The van der Waals surface area contributed by atoms with Crippen LogP contribution in [-0.2, 0) is 0 Å². The summed E-state index contributed by atoms with van der Waals surface area (Å²) in [5, 5.41) is 20.4. The molecule has 3 N–H and O–H groups in total. The number of unbranched alkanes of at least 4 members (excludes halogenated alkanes) is 10. The maximum Gasteiger partial charge on any atom is 0.314 e. The number of hydrogen-bond donors (Lipinski definition) is 3. The van der Waals surface area contributed by atoms with Crippen molar-refractivity contribution in [2.75, 3.05) is 64.7 Å². The second-order valence-electron chi connectivity index (χ2n) is 15.3. The lowest BCUT2D eigenvalue weighted by molar-refractivity contribution is -0.385. The SMILES string of the molecule is CCCCCCCCOc1cc(OCCCCCCCC)c(C(=O)Nc2ccc(C(=O)Nc3ccc(C)cc3OC)c(OC)c2OC)cc1NC(=O)c1ccc([N+](=O)[O-])c(OC)c1OC. The van der Waals surface area contributed by atoms with Gasteiger partial charge in [-0.25, -0.2) is 0 Å². The van der Waals surface area contributed by atoms with E-state index in [0.717, 1.165) is 88.7 Å². The Hall–Kier alpha value is -6.71. The zero-order valence-corrected chi connectivity index (χ0v) is 38.9. The van der Waals surface area contributed by atoms with Crippen molar-refractivity contribution in [3.8, 4) is 40.2 Å². The fourth-order valence-electron chi connectivity index (χ4n) is 7.19. The Morgan fingerprint density at radius 2 is 0.969 bits per heavy atom. The van der Waals surface area contributed by atoms with Crippen LogP contribution in [0.25, 0.3) is 0 Å². The second kappa shape index (κ2) is 26.2. The Bertz CT molecular complexity index is 2250. The van der Waals surface area contributed by atoms with Gasteiger partial charge in [-0.15, -0.1) is 0 Å². The summed E-state index contributed by atoms with van der Waals surface area (Å²) in [6, 6.07) is 13.8. The van der Waals surface area contributed by atoms with Crippen molar-refractivity contribution in [3.05, 3.63) is 87.0 Å². The fourth-order valence-corrected chi connectivity index (χ4v) is 7.19. The van der Waals surface area contributed by atoms with Gasteiger partial charge in [0, 0.05) is 12.1 Å². The minimum atomic E-state index is -0.713. The average molecular weight is 901 g/mol. The van der Waals surface area contributed by atoms with Gasteiger partial charge in [0.2, 0.25) is 5.75 Å². The number of ether oxygens (including phenoxy) is 7. The number of nitro benzene ring substituents is 1. The van der Waals surface area contributed by atoms with Gasteiger partial charge in [0.15, 0.2) is 17.2 Å². The molecule has 0 saturated heterocycles. The van der Waals surface area contributed by atoms with Gasteiger partial charge < -0.3 is 49.1 Å². The molecule has 0 aliphatic rings. The van der Waals surface area contributed by atoms with Crippen molar-refractivity contribution in [1.29, 1.82) is 0 Å². The number of hydrogen-bond acceptors (Lipinski definition) is 12. The number of carbonyl (C=O) groups excluding carboxylic acids is 3. The van der Waals surface area contributed by atoms with Crippen LogP contribution in [0.15, 0.2) is 54.6 Å². The number of benzene rings is 4. The lowest BCUT2D eigenvalue weighted by Gasteiger charge is -2.20. The Balaban J connectivity index is 1.76. The van der Waals surface area contributed by atoms with E-state index in [1.54, 1.807) is 18.2 Å². The molecule has 4 aromatic rings. The van der Waals surface area contributed by atoms with Crippen molar-refractivity contribution < 1.29 is 52.5 Å². The molecule has 0 unspecified atom stereocenters. The first kappa shape index (κ1) is 50.9. The van der Waals surface area contributed by atoms with Crippen molar-refractivity contribution in [2.24, 2.45) is 0 Å². The maximum atomic E-state index is 14.5. The molecule has 0 aliphatic heterocycles. The number of nitrogens with one attached hydrogen (secondary N) is 3. The molecule has 0 spiro atoms. The predicted molar refractivity (Wildman–Crippen MR) is 252 cm³/mol. The molecule has 0 radical (unpaired) electrons. The predicted octanol–water partition coefficient (Wildman–Crippen LogP) is 11.2. The van der Waals surface area contributed by atoms with E-state index in [4.69, 9.17) is 33.2 Å². The molecule has 0 fully saturated rings. The lowest BCUT2D eigenvalue weighted by atomic mass is 10.1. The molecule has 0 heterocycles. The number of carbonyl (C=O) groups is 3. The summed E-state index contributed by atoms with van der Waals surface area (Å²) in [6.07, 6.45) is 12.2. The van der Waals surface area contributed by atoms with Gasteiger partial charge in [0.1, 0.15) is 17.2 Å². The van der Waals surface area contributed by atoms with Crippen LogP contribution in [0.3, 0.4) is 0 Å². The van der Waals surface area contributed by atoms with Crippen LogP contribution in [-0.4, -0.2) is 71.4 Å². The second-order valence-corrected chi connectivity index (χ2v) is 15.3. The highest BCUT2D eigenvalue weighted by atomic mass is 16.6. The summed E-state index contributed by atoms with van der Waals surface area (Å²) >= 11 is 0. The van der Waals surface area contributed by atoms with Gasteiger partial charge in [-0.1, -0.05) is 84.1 Å². The first-order valence-electron chi connectivity index (χ1n) is 22.1. The Morgan fingerprint density at radius 1 is 0.492 bits per heavy atom. The Labute approximate surface area is 381 Å². The molecular weight excluding hydrogens is 837 g/mol. The largest absolute Gasteiger partial charge is 0.495 e. The van der Waals surface area contributed by atoms with Gasteiger partial charge in [-0.05, 0) is 61.7 Å². The third kappa shape index (κ3) is 13.9. The minimum Gasteiger partial charge on any atom is -0.495 e. The molecule has 16 heteroatoms. The summed E-state index contributed by atoms with van der Waals surface area (Å²) in [6.45, 7) is 6.86. The first-order valence-corrected chi connectivity index (χ1v) is 22.1. The molecule has 0 atom stereocenters. The normalized spacial score (nSPS) is 10.7. The van der Waals surface area contributed by atoms with Crippen molar-refractivity contribution in [1.82, 2.24) is 0 Å². The zero-order chi connectivity index (χ0) is 47.3. The van der Waals surface area contributed by atoms with Crippen molar-refractivity contribution >= 4 is 40.5 Å². The number of anilines is 3. The molecule has 0 saturated carbocycles. The Kier molecular flexibility index (Phi) is 20.5. The summed E-state index contributed by atoms with van der Waals surface area (Å²) in [7, 11) is 6.80. The molecule has 4 aromatic carbocycles. The molecule has 352 valence electrons. The number of methoxy groups -OCH3 is 5. The number of aryl methyl sites for hydroxylation is 1. The van der Waals surface area contributed by atoms with Crippen LogP contribution >= 0.6 is 0 Å². The zero-order valence-electron chi connectivity index (χ0n) is 38.9. The van der Waals surface area contributed by atoms with Gasteiger partial charge in [0.25, 0.3) is 17.7 Å². The molecule has 65 heavy (non-hydrogen) atoms. The lowest BCUT2D eigenvalue weighted by Crippen LogP contribution is -2.19. The molecule has 4 rings (SSSR count). The fraction of sp³-hybridized carbons (Fsp3) is 0.449. The van der Waals surface area contributed by atoms with Crippen LogP contribution in [0.2, 0.25) is 0 Å². The number of nitrogens with zero attached hydrogens (tertiary/aromatic N) is 1. The highest BCUT2D eigenvalue weighted by Gasteiger charge is 2.28. The van der Waals surface area contributed by atoms with E-state index >= 15 is 0 Å². The molecule has 0 aromatic heterocycles. The van der Waals surface area contributed by atoms with E-state index < -0.39 is 22.6 Å². The third-order valence-corrected chi connectivity index (χ3v) is 10.6. The summed E-state index contributed by atoms with van der Waals surface area (Å²) in [5.41, 5.74) is 1.42. The van der Waals surface area contributed by atoms with E-state index in [9.17, 15) is 24.5 Å². The number of amides is 3. The van der Waals surface area contributed by atoms with Gasteiger partial charge >= 0.3 is 5.69 Å². The van der Waals surface area contributed by atoms with E-state index in [1.165, 1.54) is 59.8 Å². The molecule has 3 amide bonds. The van der Waals surface area contributed by atoms with Crippen molar-refractivity contribution in [3.63, 3.8) is 0 Å². The maximum absolute atomic E-state index is 14.5.